The maximum absolute atomic E-state index is 12.9. The van der Waals surface area contributed by atoms with E-state index in [1.54, 1.807) is 18.4 Å². The van der Waals surface area contributed by atoms with Crippen LogP contribution in [-0.4, -0.2) is 89.1 Å². The molecule has 2 fully saturated rings. The number of Topliss-reactive ketones (excluding diaryl/α,β-unsaturated/α-hetero) is 1. The molecule has 1 aromatic heterocycles. The quantitative estimate of drug-likeness (QED) is 0.553. The highest BCUT2D eigenvalue weighted by atomic mass is 32.2. The minimum Gasteiger partial charge on any atom is -0.468 e. The van der Waals surface area contributed by atoms with Gasteiger partial charge >= 0.3 is 0 Å². The van der Waals surface area contributed by atoms with Gasteiger partial charge in [0.25, 0.3) is 0 Å². The first kappa shape index (κ1) is 23.1. The normalized spacial score (nSPS) is 19.6. The number of benzene rings is 1. The summed E-state index contributed by atoms with van der Waals surface area (Å²) in [6.07, 6.45) is 1.65. The Bertz CT molecular complexity index is 983. The number of hydrogen-bond acceptors (Lipinski definition) is 8. The van der Waals surface area contributed by atoms with E-state index in [0.29, 0.717) is 51.6 Å². The number of rotatable bonds is 9. The summed E-state index contributed by atoms with van der Waals surface area (Å²) in [4.78, 5) is 15.2. The Balaban J connectivity index is 1.39. The number of nitrogens with zero attached hydrogens (tertiary/aromatic N) is 2. The first-order valence-electron chi connectivity index (χ1n) is 10.8. The lowest BCUT2D eigenvalue weighted by molar-refractivity contribution is 0.0117. The molecule has 1 atom stereocenters. The van der Waals surface area contributed by atoms with Gasteiger partial charge < -0.3 is 19.2 Å². The molecule has 0 radical (unpaired) electrons. The molecule has 0 amide bonds. The van der Waals surface area contributed by atoms with Gasteiger partial charge in [0.05, 0.1) is 50.2 Å². The van der Waals surface area contributed by atoms with Crippen LogP contribution in [0.4, 0.5) is 0 Å². The van der Waals surface area contributed by atoms with Gasteiger partial charge in [0.1, 0.15) is 5.76 Å². The van der Waals surface area contributed by atoms with E-state index >= 15 is 0 Å². The van der Waals surface area contributed by atoms with E-state index in [4.69, 9.17) is 13.9 Å². The Morgan fingerprint density at radius 3 is 2.41 bits per heavy atom. The number of morpholine rings is 2. The Labute approximate surface area is 188 Å². The third kappa shape index (κ3) is 5.45. The molecule has 1 unspecified atom stereocenters. The molecule has 9 nitrogen and oxygen atoms in total. The highest BCUT2D eigenvalue weighted by Crippen LogP contribution is 2.22. The van der Waals surface area contributed by atoms with Crippen LogP contribution in [0.15, 0.2) is 52.0 Å². The summed E-state index contributed by atoms with van der Waals surface area (Å²) in [6.45, 7) is 4.94. The molecule has 1 aromatic carbocycles. The molecule has 10 heteroatoms. The molecule has 4 rings (SSSR count). The zero-order valence-corrected chi connectivity index (χ0v) is 18.8. The minimum atomic E-state index is -3.65. The number of furan rings is 1. The van der Waals surface area contributed by atoms with Crippen LogP contribution in [0.2, 0.25) is 0 Å². The molecule has 2 aliphatic heterocycles. The monoisotopic (exact) mass is 463 g/mol. The van der Waals surface area contributed by atoms with Crippen molar-refractivity contribution in [3.05, 3.63) is 54.0 Å². The number of sulfonamides is 1. The second-order valence-corrected chi connectivity index (χ2v) is 9.72. The molecule has 0 aliphatic carbocycles. The largest absolute Gasteiger partial charge is 0.468 e. The van der Waals surface area contributed by atoms with E-state index in [0.717, 1.165) is 18.8 Å². The Morgan fingerprint density at radius 2 is 1.72 bits per heavy atom. The van der Waals surface area contributed by atoms with Gasteiger partial charge in [-0.2, -0.15) is 4.31 Å². The molecule has 32 heavy (non-hydrogen) atoms. The molecule has 1 N–H and O–H groups in total. The highest BCUT2D eigenvalue weighted by Gasteiger charge is 2.27. The second-order valence-electron chi connectivity index (χ2n) is 7.78. The van der Waals surface area contributed by atoms with Crippen molar-refractivity contribution in [2.45, 2.75) is 10.9 Å². The van der Waals surface area contributed by atoms with Crippen LogP contribution in [0.1, 0.15) is 22.2 Å². The molecule has 2 aromatic rings. The fourth-order valence-electron chi connectivity index (χ4n) is 3.97. The topological polar surface area (TPSA) is 101 Å². The molecule has 3 heterocycles. The Kier molecular flexibility index (Phi) is 7.71. The van der Waals surface area contributed by atoms with Crippen molar-refractivity contribution in [2.24, 2.45) is 0 Å². The average Bonchev–Trinajstić information content (AvgIpc) is 3.37. The molecule has 2 aliphatic rings. The highest BCUT2D eigenvalue weighted by molar-refractivity contribution is 7.89. The zero-order chi connectivity index (χ0) is 22.4. The van der Waals surface area contributed by atoms with Gasteiger partial charge in [0, 0.05) is 38.3 Å². The lowest BCUT2D eigenvalue weighted by atomic mass is 10.1. The molecular formula is C22H29N3O6S. The van der Waals surface area contributed by atoms with Gasteiger partial charge in [0.2, 0.25) is 10.0 Å². The maximum Gasteiger partial charge on any atom is 0.243 e. The summed E-state index contributed by atoms with van der Waals surface area (Å²) in [5.41, 5.74) is 0.368. The van der Waals surface area contributed by atoms with Gasteiger partial charge in [-0.15, -0.1) is 0 Å². The SMILES string of the molecule is O=C(CNCC(c1ccco1)N1CCOCC1)c1cccc(S(=O)(=O)N2CCOCC2)c1. The third-order valence-electron chi connectivity index (χ3n) is 5.75. The summed E-state index contributed by atoms with van der Waals surface area (Å²) >= 11 is 0. The standard InChI is InChI=1S/C22H29N3O6S/c26-21(17-23-16-20(22-5-2-10-31-22)24-6-11-29-12-7-24)18-3-1-4-19(15-18)32(27,28)25-8-13-30-14-9-25/h1-5,10,15,20,23H,6-9,11-14,16-17H2. The number of carbonyl (C=O) groups is 1. The number of nitrogens with one attached hydrogen (secondary N) is 1. The fourth-order valence-corrected chi connectivity index (χ4v) is 5.42. The van der Waals surface area contributed by atoms with Crippen molar-refractivity contribution < 1.29 is 27.1 Å². The Morgan fingerprint density at radius 1 is 1.00 bits per heavy atom. The number of hydrogen-bond donors (Lipinski definition) is 1. The summed E-state index contributed by atoms with van der Waals surface area (Å²) in [5.74, 6) is 0.676. The van der Waals surface area contributed by atoms with Crippen LogP contribution >= 0.6 is 0 Å². The van der Waals surface area contributed by atoms with Gasteiger partial charge in [0.15, 0.2) is 5.78 Å². The first-order chi connectivity index (χ1) is 15.6. The van der Waals surface area contributed by atoms with Crippen LogP contribution in [0.5, 0.6) is 0 Å². The van der Waals surface area contributed by atoms with Crippen molar-refractivity contribution in [3.8, 4) is 0 Å². The van der Waals surface area contributed by atoms with Crippen molar-refractivity contribution in [3.63, 3.8) is 0 Å². The van der Waals surface area contributed by atoms with E-state index in [-0.39, 0.29) is 23.3 Å². The molecule has 174 valence electrons. The summed E-state index contributed by atoms with van der Waals surface area (Å²) in [7, 11) is -3.65. The lowest BCUT2D eigenvalue weighted by Crippen LogP contribution is -2.43. The zero-order valence-electron chi connectivity index (χ0n) is 17.9. The van der Waals surface area contributed by atoms with Crippen molar-refractivity contribution in [1.29, 1.82) is 0 Å². The van der Waals surface area contributed by atoms with Crippen molar-refractivity contribution in [2.75, 3.05) is 65.7 Å². The van der Waals surface area contributed by atoms with Gasteiger partial charge in [-0.25, -0.2) is 8.42 Å². The third-order valence-corrected chi connectivity index (χ3v) is 7.64. The van der Waals surface area contributed by atoms with E-state index in [2.05, 4.69) is 10.2 Å². The predicted molar refractivity (Wildman–Crippen MR) is 117 cm³/mol. The van der Waals surface area contributed by atoms with Crippen LogP contribution in [0, 0.1) is 0 Å². The van der Waals surface area contributed by atoms with E-state index in [1.165, 1.54) is 16.4 Å². The van der Waals surface area contributed by atoms with Crippen LogP contribution in [0.3, 0.4) is 0 Å². The number of carbonyl (C=O) groups excluding carboxylic acids is 1. The van der Waals surface area contributed by atoms with Crippen LogP contribution in [0.25, 0.3) is 0 Å². The van der Waals surface area contributed by atoms with Gasteiger partial charge in [-0.3, -0.25) is 9.69 Å². The van der Waals surface area contributed by atoms with E-state index in [1.807, 2.05) is 12.1 Å². The molecule has 0 saturated carbocycles. The second kappa shape index (κ2) is 10.7. The summed E-state index contributed by atoms with van der Waals surface area (Å²) in [5, 5.41) is 3.22. The van der Waals surface area contributed by atoms with E-state index in [9.17, 15) is 13.2 Å². The molecular weight excluding hydrogens is 434 g/mol. The molecule has 0 spiro atoms. The number of ether oxygens (including phenoxy) is 2. The molecule has 2 saturated heterocycles. The summed E-state index contributed by atoms with van der Waals surface area (Å²) < 4.78 is 43.5. The van der Waals surface area contributed by atoms with Crippen LogP contribution in [-0.2, 0) is 19.5 Å². The summed E-state index contributed by atoms with van der Waals surface area (Å²) in [6, 6.07) is 10.0. The van der Waals surface area contributed by atoms with Gasteiger partial charge in [-0.1, -0.05) is 12.1 Å². The number of ketones is 1. The fraction of sp³-hybridized carbons (Fsp3) is 0.500. The first-order valence-corrected chi connectivity index (χ1v) is 12.3. The van der Waals surface area contributed by atoms with Crippen LogP contribution < -0.4 is 5.32 Å². The molecule has 0 bridgehead atoms. The van der Waals surface area contributed by atoms with Crippen molar-refractivity contribution >= 4 is 15.8 Å². The van der Waals surface area contributed by atoms with Gasteiger partial charge in [-0.05, 0) is 24.3 Å². The maximum atomic E-state index is 12.9. The smallest absolute Gasteiger partial charge is 0.243 e. The van der Waals surface area contributed by atoms with Crippen molar-refractivity contribution in [1.82, 2.24) is 14.5 Å². The minimum absolute atomic E-state index is 0.00488. The lowest BCUT2D eigenvalue weighted by Gasteiger charge is -2.33. The van der Waals surface area contributed by atoms with E-state index < -0.39 is 10.0 Å². The predicted octanol–water partition coefficient (Wildman–Crippen LogP) is 1.15. The average molecular weight is 464 g/mol. The Hall–Kier alpha value is -2.08.